The Balaban J connectivity index is 3.78. The predicted molar refractivity (Wildman–Crippen MR) is 66.9 cm³/mol. The molecule has 0 radical (unpaired) electrons. The molecule has 0 rings (SSSR count). The molecule has 14 heavy (non-hydrogen) atoms. The maximum atomic E-state index is 11.2. The van der Waals surface area contributed by atoms with Gasteiger partial charge >= 0.3 is 5.97 Å². The second-order valence-electron chi connectivity index (χ2n) is 2.25. The van der Waals surface area contributed by atoms with Crippen molar-refractivity contribution in [1.29, 1.82) is 0 Å². The maximum absolute atomic E-state index is 11.2. The van der Waals surface area contributed by atoms with E-state index in [4.69, 9.17) is 23.3 Å². The Morgan fingerprint density at radius 3 is 2.79 bits per heavy atom. The van der Waals surface area contributed by atoms with E-state index >= 15 is 0 Å². The van der Waals surface area contributed by atoms with E-state index < -0.39 is 16.1 Å². The van der Waals surface area contributed by atoms with E-state index in [1.165, 1.54) is 11.8 Å². The lowest BCUT2D eigenvalue weighted by molar-refractivity contribution is -0.143. The molecule has 0 bridgehead atoms. The standard InChI is InChI=1S/C9H10INO2S/c1-3-5-14-6-7(11)9(12)13-8(10)4-2/h1-2,7-8H,5-6,11H2/t7-,8?/m0/s1. The summed E-state index contributed by atoms with van der Waals surface area (Å²) in [7, 11) is 0. The molecule has 0 saturated heterocycles. The highest BCUT2D eigenvalue weighted by molar-refractivity contribution is 14.1. The summed E-state index contributed by atoms with van der Waals surface area (Å²) in [5.74, 6) is 5.18. The lowest BCUT2D eigenvalue weighted by atomic mass is 10.4. The van der Waals surface area contributed by atoms with E-state index in [9.17, 15) is 4.79 Å². The molecule has 0 saturated carbocycles. The largest absolute Gasteiger partial charge is 0.438 e. The molecule has 0 aromatic rings. The van der Waals surface area contributed by atoms with Gasteiger partial charge in [0.2, 0.25) is 4.11 Å². The summed E-state index contributed by atoms with van der Waals surface area (Å²) in [6, 6.07) is -0.668. The van der Waals surface area contributed by atoms with Crippen molar-refractivity contribution in [2.75, 3.05) is 11.5 Å². The van der Waals surface area contributed by atoms with Gasteiger partial charge in [-0.2, -0.15) is 0 Å². The van der Waals surface area contributed by atoms with Gasteiger partial charge in [0.25, 0.3) is 0 Å². The second kappa shape index (κ2) is 7.98. The molecule has 2 atom stereocenters. The molecule has 2 N–H and O–H groups in total. The van der Waals surface area contributed by atoms with Crippen LogP contribution in [0.5, 0.6) is 0 Å². The molecule has 0 amide bonds. The van der Waals surface area contributed by atoms with E-state index in [0.29, 0.717) is 11.5 Å². The summed E-state index contributed by atoms with van der Waals surface area (Å²) < 4.78 is 4.25. The first-order valence-electron chi connectivity index (χ1n) is 3.69. The molecular weight excluding hydrogens is 313 g/mol. The summed E-state index contributed by atoms with van der Waals surface area (Å²) >= 11 is 3.23. The number of ether oxygens (including phenoxy) is 1. The number of hydrogen-bond acceptors (Lipinski definition) is 4. The van der Waals surface area contributed by atoms with Crippen molar-refractivity contribution in [1.82, 2.24) is 0 Å². The monoisotopic (exact) mass is 323 g/mol. The van der Waals surface area contributed by atoms with Crippen LogP contribution < -0.4 is 5.73 Å². The van der Waals surface area contributed by atoms with Crippen molar-refractivity contribution < 1.29 is 9.53 Å². The molecule has 0 spiro atoms. The average Bonchev–Trinajstić information content (AvgIpc) is 2.17. The Hall–Kier alpha value is -0.370. The minimum absolute atomic E-state index is 0.441. The third-order valence-electron chi connectivity index (χ3n) is 1.14. The molecular formula is C9H10INO2S. The fourth-order valence-electron chi connectivity index (χ4n) is 0.536. The number of terminal acetylenes is 2. The average molecular weight is 323 g/mol. The Kier molecular flexibility index (Phi) is 7.77. The third-order valence-corrected chi connectivity index (χ3v) is 2.72. The molecule has 0 fully saturated rings. The van der Waals surface area contributed by atoms with Crippen molar-refractivity contribution in [2.45, 2.75) is 10.2 Å². The highest BCUT2D eigenvalue weighted by atomic mass is 127. The normalized spacial score (nSPS) is 13.4. The first kappa shape index (κ1) is 13.6. The zero-order chi connectivity index (χ0) is 11.0. The molecule has 0 aliphatic carbocycles. The number of esters is 1. The number of carbonyl (C=O) groups excluding carboxylic acids is 1. The van der Waals surface area contributed by atoms with Crippen LogP contribution in [0.15, 0.2) is 0 Å². The van der Waals surface area contributed by atoms with Crippen LogP contribution in [-0.4, -0.2) is 27.6 Å². The number of carbonyl (C=O) groups is 1. The summed E-state index contributed by atoms with van der Waals surface area (Å²) in [4.78, 5) is 11.2. The van der Waals surface area contributed by atoms with Gasteiger partial charge in [-0.1, -0.05) is 11.8 Å². The van der Waals surface area contributed by atoms with Crippen molar-refractivity contribution in [2.24, 2.45) is 5.73 Å². The molecule has 0 heterocycles. The van der Waals surface area contributed by atoms with Gasteiger partial charge in [0.05, 0.1) is 5.75 Å². The first-order chi connectivity index (χ1) is 6.61. The SMILES string of the molecule is C#CCSC[C@H](N)C(=O)OC(I)C#C. The quantitative estimate of drug-likeness (QED) is 0.265. The highest BCUT2D eigenvalue weighted by Gasteiger charge is 2.17. The zero-order valence-electron chi connectivity index (χ0n) is 7.40. The van der Waals surface area contributed by atoms with E-state index in [1.807, 2.05) is 22.6 Å². The summed E-state index contributed by atoms with van der Waals surface area (Å²) in [5, 5.41) is 0. The van der Waals surface area contributed by atoms with Crippen LogP contribution in [0.2, 0.25) is 0 Å². The van der Waals surface area contributed by atoms with Gasteiger partial charge in [0, 0.05) is 5.75 Å². The van der Waals surface area contributed by atoms with Gasteiger partial charge in [0.15, 0.2) is 0 Å². The van der Waals surface area contributed by atoms with E-state index in [0.717, 1.165) is 0 Å². The first-order valence-corrected chi connectivity index (χ1v) is 6.09. The van der Waals surface area contributed by atoms with Gasteiger partial charge < -0.3 is 10.5 Å². The van der Waals surface area contributed by atoms with Crippen LogP contribution in [0.3, 0.4) is 0 Å². The van der Waals surface area contributed by atoms with Crippen molar-refractivity contribution in [3.8, 4) is 24.7 Å². The molecule has 5 heteroatoms. The van der Waals surface area contributed by atoms with Crippen molar-refractivity contribution in [3.05, 3.63) is 0 Å². The van der Waals surface area contributed by atoms with Crippen LogP contribution in [-0.2, 0) is 9.53 Å². The number of halogens is 1. The third kappa shape index (κ3) is 6.14. The number of hydrogen-bond donors (Lipinski definition) is 1. The molecule has 1 unspecified atom stereocenters. The Morgan fingerprint density at radius 1 is 1.64 bits per heavy atom. The van der Waals surface area contributed by atoms with Crippen LogP contribution in [0.1, 0.15) is 0 Å². The van der Waals surface area contributed by atoms with Gasteiger partial charge in [-0.05, 0) is 22.6 Å². The van der Waals surface area contributed by atoms with E-state index in [1.54, 1.807) is 0 Å². The lowest BCUT2D eigenvalue weighted by Gasteiger charge is -2.11. The van der Waals surface area contributed by atoms with Crippen LogP contribution in [0, 0.1) is 24.7 Å². The van der Waals surface area contributed by atoms with E-state index in [-0.39, 0.29) is 0 Å². The fraction of sp³-hybridized carbons (Fsp3) is 0.444. The minimum atomic E-state index is -0.668. The summed E-state index contributed by atoms with van der Waals surface area (Å²) in [5.41, 5.74) is 5.53. The van der Waals surface area contributed by atoms with E-state index in [2.05, 4.69) is 11.8 Å². The Labute approximate surface area is 102 Å². The molecule has 0 aromatic carbocycles. The number of alkyl halides is 1. The maximum Gasteiger partial charge on any atom is 0.325 e. The minimum Gasteiger partial charge on any atom is -0.438 e. The zero-order valence-corrected chi connectivity index (χ0v) is 10.4. The number of thioether (sulfide) groups is 1. The van der Waals surface area contributed by atoms with Gasteiger partial charge in [0.1, 0.15) is 6.04 Å². The van der Waals surface area contributed by atoms with Crippen LogP contribution in [0.25, 0.3) is 0 Å². The Bertz CT molecular complexity index is 269. The fourth-order valence-corrected chi connectivity index (χ4v) is 1.41. The van der Waals surface area contributed by atoms with Gasteiger partial charge in [-0.15, -0.1) is 24.6 Å². The Morgan fingerprint density at radius 2 is 2.29 bits per heavy atom. The van der Waals surface area contributed by atoms with Crippen LogP contribution in [0.4, 0.5) is 0 Å². The molecule has 0 aromatic heterocycles. The molecule has 0 aliphatic heterocycles. The van der Waals surface area contributed by atoms with Crippen molar-refractivity contribution in [3.63, 3.8) is 0 Å². The highest BCUT2D eigenvalue weighted by Crippen LogP contribution is 2.06. The lowest BCUT2D eigenvalue weighted by Crippen LogP contribution is -2.35. The number of nitrogens with two attached hydrogens (primary N) is 1. The van der Waals surface area contributed by atoms with Gasteiger partial charge in [-0.25, -0.2) is 0 Å². The number of rotatable bonds is 5. The smallest absolute Gasteiger partial charge is 0.325 e. The molecule has 0 aliphatic rings. The predicted octanol–water partition coefficient (Wildman–Crippen LogP) is 0.618. The van der Waals surface area contributed by atoms with Crippen LogP contribution >= 0.6 is 34.4 Å². The molecule has 76 valence electrons. The summed E-state index contributed by atoms with van der Waals surface area (Å²) in [6.45, 7) is 0. The molecule has 3 nitrogen and oxygen atoms in total. The second-order valence-corrected chi connectivity index (χ2v) is 4.41. The topological polar surface area (TPSA) is 52.3 Å². The van der Waals surface area contributed by atoms with Gasteiger partial charge in [-0.3, -0.25) is 4.79 Å². The van der Waals surface area contributed by atoms with Crippen molar-refractivity contribution >= 4 is 40.3 Å². The summed E-state index contributed by atoms with van der Waals surface area (Å²) in [6.07, 6.45) is 10.1.